The van der Waals surface area contributed by atoms with Crippen LogP contribution in [0.2, 0.25) is 0 Å². The Kier molecular flexibility index (Phi) is 19.9. The zero-order valence-electron chi connectivity index (χ0n) is 3.66. The van der Waals surface area contributed by atoms with Crippen LogP contribution < -0.4 is 51.4 Å². The van der Waals surface area contributed by atoms with Crippen molar-refractivity contribution in [2.24, 2.45) is 0 Å². The topological polar surface area (TPSA) is 0 Å². The molecule has 0 aliphatic carbocycles. The molecule has 0 radical (unpaired) electrons. The second kappa shape index (κ2) is 8.85. The van der Waals surface area contributed by atoms with Crippen molar-refractivity contribution in [3.63, 3.8) is 0 Å². The van der Waals surface area contributed by atoms with Crippen molar-refractivity contribution in [1.29, 1.82) is 0 Å². The Morgan fingerprint density at radius 3 is 2.00 bits per heavy atom. The first kappa shape index (κ1) is 9.00. The van der Waals surface area contributed by atoms with E-state index in [1.165, 1.54) is 0 Å². The molecular weight excluding hydrogens is 82.1 g/mol. The van der Waals surface area contributed by atoms with Gasteiger partial charge < -0.3 is 1.43 Å². The smallest absolute Gasteiger partial charge is 1.00 e. The van der Waals surface area contributed by atoms with E-state index in [0.717, 1.165) is 0 Å². The van der Waals surface area contributed by atoms with Crippen molar-refractivity contribution in [2.75, 3.05) is 0 Å². The molecule has 0 spiro atoms. The third kappa shape index (κ3) is 10.3. The van der Waals surface area contributed by atoms with Crippen LogP contribution >= 0.6 is 0 Å². The van der Waals surface area contributed by atoms with Crippen LogP contribution in [-0.2, 0) is 0 Å². The zero-order valence-corrected chi connectivity index (χ0v) is 5.79. The number of hydrogen-bond donors (Lipinski definition) is 0. The molecule has 20 valence electrons. The van der Waals surface area contributed by atoms with E-state index in [2.05, 4.69) is 6.58 Å². The van der Waals surface area contributed by atoms with Crippen LogP contribution in [0.5, 0.6) is 0 Å². The molecule has 0 saturated heterocycles. The maximum Gasteiger partial charge on any atom is 1.00 e. The monoisotopic (exact) mass is 86.0 g/mol. The Balaban J connectivity index is -0.0000000200. The first-order chi connectivity index (χ1) is 1.41. The maximum absolute atomic E-state index is 10.1. The van der Waals surface area contributed by atoms with Gasteiger partial charge in [0.25, 0.3) is 0 Å². The molecule has 0 aromatic carbocycles. The first-order valence-corrected chi connectivity index (χ1v) is 0.626. The van der Waals surface area contributed by atoms with E-state index in [-0.39, 0.29) is 59.1 Å². The van der Waals surface area contributed by atoms with Gasteiger partial charge >= 0.3 is 51.4 Å². The zero-order chi connectivity index (χ0) is 2.71. The second-order valence-electron chi connectivity index (χ2n) is 0.154. The van der Waals surface area contributed by atoms with Crippen molar-refractivity contribution in [1.82, 2.24) is 0 Å². The summed E-state index contributed by atoms with van der Waals surface area (Å²) in [5.41, 5.74) is 0. The summed E-state index contributed by atoms with van der Waals surface area (Å²) in [6.45, 7) is 2.69. The number of hydrogen-bond acceptors (Lipinski definition) is 0. The number of rotatable bonds is 0. The SMILES string of the molecule is C=CF.[H-].[K+]. The van der Waals surface area contributed by atoms with E-state index in [9.17, 15) is 4.39 Å². The summed E-state index contributed by atoms with van der Waals surface area (Å²) in [5.74, 6) is 0. The molecule has 2 heteroatoms. The molecule has 0 heterocycles. The fourth-order valence-corrected chi connectivity index (χ4v) is 0. The molecule has 0 amide bonds. The third-order valence-electron chi connectivity index (χ3n) is 0. The predicted molar refractivity (Wildman–Crippen MR) is 12.4 cm³/mol. The summed E-state index contributed by atoms with van der Waals surface area (Å²) >= 11 is 0. The largest absolute Gasteiger partial charge is 1.00 e. The van der Waals surface area contributed by atoms with E-state index >= 15 is 0 Å². The average molecular weight is 86.2 g/mol. The van der Waals surface area contributed by atoms with Crippen LogP contribution in [0.4, 0.5) is 4.39 Å². The normalized spacial score (nSPS) is 3.25. The molecule has 0 fully saturated rings. The summed E-state index contributed by atoms with van der Waals surface area (Å²) in [7, 11) is 0. The fraction of sp³-hybridized carbons (Fsp3) is 0. The fourth-order valence-electron chi connectivity index (χ4n) is 0. The molecule has 0 unspecified atom stereocenters. The van der Waals surface area contributed by atoms with Crippen molar-refractivity contribution < 1.29 is 57.2 Å². The van der Waals surface area contributed by atoms with Crippen LogP contribution in [-0.4, -0.2) is 0 Å². The minimum absolute atomic E-state index is 0. The molecule has 0 bridgehead atoms. The Hall–Kier alpha value is 1.31. The van der Waals surface area contributed by atoms with Crippen LogP contribution in [0.15, 0.2) is 12.9 Å². The molecule has 0 aromatic rings. The molecule has 0 atom stereocenters. The summed E-state index contributed by atoms with van der Waals surface area (Å²) in [6.07, 6.45) is 0.250. The van der Waals surface area contributed by atoms with E-state index in [1.807, 2.05) is 0 Å². The van der Waals surface area contributed by atoms with Gasteiger partial charge in [-0.25, -0.2) is 4.39 Å². The van der Waals surface area contributed by atoms with E-state index in [0.29, 0.717) is 0 Å². The second-order valence-corrected chi connectivity index (χ2v) is 0.154. The molecule has 0 N–H and O–H groups in total. The van der Waals surface area contributed by atoms with Crippen molar-refractivity contribution in [3.8, 4) is 0 Å². The molecule has 0 rings (SSSR count). The van der Waals surface area contributed by atoms with Crippen LogP contribution in [0.1, 0.15) is 1.43 Å². The van der Waals surface area contributed by atoms with Crippen LogP contribution in [0.25, 0.3) is 0 Å². The standard InChI is InChI=1S/C2H3F.K.H/c1-2-3;;/h2H,1H2;;/q;+1;-1. The van der Waals surface area contributed by atoms with Gasteiger partial charge in [-0.2, -0.15) is 0 Å². The summed E-state index contributed by atoms with van der Waals surface area (Å²) in [6, 6.07) is 0. The van der Waals surface area contributed by atoms with E-state index in [1.54, 1.807) is 0 Å². The Labute approximate surface area is 69.0 Å². The van der Waals surface area contributed by atoms with E-state index in [4.69, 9.17) is 0 Å². The van der Waals surface area contributed by atoms with Crippen LogP contribution in [0, 0.1) is 0 Å². The maximum atomic E-state index is 10.1. The Bertz CT molecular complexity index is 17.1. The summed E-state index contributed by atoms with van der Waals surface area (Å²) in [4.78, 5) is 0. The van der Waals surface area contributed by atoms with Gasteiger partial charge in [0.05, 0.1) is 6.33 Å². The molecule has 0 saturated carbocycles. The van der Waals surface area contributed by atoms with Gasteiger partial charge in [-0.3, -0.25) is 0 Å². The van der Waals surface area contributed by atoms with Gasteiger partial charge in [-0.05, 0) is 0 Å². The average Bonchev–Trinajstić information content (AvgIpc) is 0.918. The van der Waals surface area contributed by atoms with Gasteiger partial charge in [-0.15, -0.1) is 0 Å². The first-order valence-electron chi connectivity index (χ1n) is 0.626. The molecule has 4 heavy (non-hydrogen) atoms. The third-order valence-corrected chi connectivity index (χ3v) is 0. The van der Waals surface area contributed by atoms with Gasteiger partial charge in [0.1, 0.15) is 0 Å². The van der Waals surface area contributed by atoms with Gasteiger partial charge in [0.15, 0.2) is 0 Å². The Morgan fingerprint density at radius 2 is 2.00 bits per heavy atom. The van der Waals surface area contributed by atoms with Crippen molar-refractivity contribution in [2.45, 2.75) is 0 Å². The van der Waals surface area contributed by atoms with Gasteiger partial charge in [0, 0.05) is 0 Å². The molecule has 0 aliphatic rings. The summed E-state index contributed by atoms with van der Waals surface area (Å²) < 4.78 is 10.1. The van der Waals surface area contributed by atoms with E-state index < -0.39 is 0 Å². The molecule has 0 aromatic heterocycles. The van der Waals surface area contributed by atoms with Gasteiger partial charge in [0.2, 0.25) is 0 Å². The molecular formula is C2H4FK. The molecule has 0 nitrogen and oxygen atoms in total. The quantitative estimate of drug-likeness (QED) is 0.306. The van der Waals surface area contributed by atoms with Crippen molar-refractivity contribution >= 4 is 0 Å². The predicted octanol–water partition coefficient (Wildman–Crippen LogP) is -1.78. The van der Waals surface area contributed by atoms with Crippen LogP contribution in [0.3, 0.4) is 0 Å². The van der Waals surface area contributed by atoms with Crippen molar-refractivity contribution in [3.05, 3.63) is 12.9 Å². The minimum Gasteiger partial charge on any atom is -1.00 e. The minimum atomic E-state index is 0. The van der Waals surface area contributed by atoms with Gasteiger partial charge in [-0.1, -0.05) is 6.58 Å². The summed E-state index contributed by atoms with van der Waals surface area (Å²) in [5, 5.41) is 0. The Morgan fingerprint density at radius 1 is 2.00 bits per heavy atom. The number of halogens is 1. The molecule has 0 aliphatic heterocycles.